The third-order valence-electron chi connectivity index (χ3n) is 4.90. The van der Waals surface area contributed by atoms with Crippen LogP contribution in [0.2, 0.25) is 0 Å². The first-order valence-corrected chi connectivity index (χ1v) is 9.34. The smallest absolute Gasteiger partial charge is 0.337 e. The highest BCUT2D eigenvalue weighted by Gasteiger charge is 2.17. The van der Waals surface area contributed by atoms with Gasteiger partial charge in [-0.05, 0) is 62.2 Å². The van der Waals surface area contributed by atoms with Gasteiger partial charge in [0.1, 0.15) is 11.6 Å². The lowest BCUT2D eigenvalue weighted by atomic mass is 10.1. The number of aromatic nitrogens is 1. The van der Waals surface area contributed by atoms with Crippen LogP contribution in [0.1, 0.15) is 32.9 Å². The first-order valence-electron chi connectivity index (χ1n) is 9.34. The number of carbonyl (C=O) groups excluding carboxylic acids is 1. The molecule has 1 heterocycles. The van der Waals surface area contributed by atoms with Crippen molar-refractivity contribution in [3.05, 3.63) is 88.2 Å². The number of amides is 1. The molecule has 6 heteroatoms. The number of anilines is 1. The van der Waals surface area contributed by atoms with E-state index in [0.717, 1.165) is 17.0 Å². The molecule has 1 amide bonds. The molecule has 0 aliphatic heterocycles. The first kappa shape index (κ1) is 20.6. The second-order valence-corrected chi connectivity index (χ2v) is 6.92. The lowest BCUT2D eigenvalue weighted by Gasteiger charge is -2.12. The molecule has 0 saturated heterocycles. The zero-order chi connectivity index (χ0) is 21.8. The van der Waals surface area contributed by atoms with Gasteiger partial charge in [0.2, 0.25) is 0 Å². The maximum absolute atomic E-state index is 12.6. The SMILES string of the molecule is Cc1ccccc1NC(=O)/C(C#N)=C\c1cc(C)n(-c2ccccc2C(=O)O)c1C. The van der Waals surface area contributed by atoms with Gasteiger partial charge in [-0.15, -0.1) is 0 Å². The quantitative estimate of drug-likeness (QED) is 0.482. The number of aryl methyl sites for hydroxylation is 2. The summed E-state index contributed by atoms with van der Waals surface area (Å²) in [6.07, 6.45) is 1.52. The van der Waals surface area contributed by atoms with E-state index in [2.05, 4.69) is 5.32 Å². The van der Waals surface area contributed by atoms with Crippen LogP contribution in [-0.2, 0) is 4.79 Å². The van der Waals surface area contributed by atoms with Crippen molar-refractivity contribution in [2.24, 2.45) is 0 Å². The average Bonchev–Trinajstić information content (AvgIpc) is 3.00. The van der Waals surface area contributed by atoms with E-state index >= 15 is 0 Å². The van der Waals surface area contributed by atoms with Crippen molar-refractivity contribution in [3.63, 3.8) is 0 Å². The molecule has 3 aromatic rings. The van der Waals surface area contributed by atoms with E-state index in [1.165, 1.54) is 6.08 Å². The van der Waals surface area contributed by atoms with Crippen molar-refractivity contribution >= 4 is 23.6 Å². The van der Waals surface area contributed by atoms with Crippen LogP contribution in [0.25, 0.3) is 11.8 Å². The van der Waals surface area contributed by atoms with Gasteiger partial charge in [-0.25, -0.2) is 4.79 Å². The second-order valence-electron chi connectivity index (χ2n) is 6.92. The number of carbonyl (C=O) groups is 2. The molecule has 0 aliphatic rings. The maximum Gasteiger partial charge on any atom is 0.337 e. The van der Waals surface area contributed by atoms with Gasteiger partial charge in [-0.1, -0.05) is 30.3 Å². The van der Waals surface area contributed by atoms with E-state index in [0.29, 0.717) is 16.9 Å². The monoisotopic (exact) mass is 399 g/mol. The number of hydrogen-bond donors (Lipinski definition) is 2. The molecule has 150 valence electrons. The van der Waals surface area contributed by atoms with Gasteiger partial charge < -0.3 is 15.0 Å². The largest absolute Gasteiger partial charge is 0.478 e. The summed E-state index contributed by atoms with van der Waals surface area (Å²) in [6.45, 7) is 5.55. The number of carboxylic acids is 1. The fraction of sp³-hybridized carbons (Fsp3) is 0.125. The molecule has 6 nitrogen and oxygen atoms in total. The normalized spacial score (nSPS) is 11.1. The minimum absolute atomic E-state index is 0.0370. The summed E-state index contributed by atoms with van der Waals surface area (Å²) in [7, 11) is 0. The summed E-state index contributed by atoms with van der Waals surface area (Å²) in [5.74, 6) is -1.52. The number of carboxylic acid groups (broad SMARTS) is 1. The Balaban J connectivity index is 2.01. The Morgan fingerprint density at radius 2 is 1.73 bits per heavy atom. The van der Waals surface area contributed by atoms with Gasteiger partial charge in [-0.2, -0.15) is 5.26 Å². The minimum Gasteiger partial charge on any atom is -0.478 e. The third kappa shape index (κ3) is 4.01. The molecule has 0 saturated carbocycles. The molecule has 30 heavy (non-hydrogen) atoms. The van der Waals surface area contributed by atoms with Crippen LogP contribution in [-0.4, -0.2) is 21.6 Å². The van der Waals surface area contributed by atoms with Crippen LogP contribution >= 0.6 is 0 Å². The van der Waals surface area contributed by atoms with Gasteiger partial charge in [0, 0.05) is 17.1 Å². The Kier molecular flexibility index (Phi) is 5.84. The van der Waals surface area contributed by atoms with Crippen LogP contribution in [0.4, 0.5) is 5.69 Å². The molecule has 2 aromatic carbocycles. The van der Waals surface area contributed by atoms with E-state index in [4.69, 9.17) is 0 Å². The zero-order valence-corrected chi connectivity index (χ0v) is 16.9. The van der Waals surface area contributed by atoms with Gasteiger partial charge >= 0.3 is 5.97 Å². The molecule has 0 spiro atoms. The molecule has 0 radical (unpaired) electrons. The number of aromatic carboxylic acids is 1. The van der Waals surface area contributed by atoms with Crippen LogP contribution < -0.4 is 5.32 Å². The summed E-state index contributed by atoms with van der Waals surface area (Å²) in [5, 5.41) is 21.8. The van der Waals surface area contributed by atoms with Gasteiger partial charge in [0.25, 0.3) is 5.91 Å². The summed E-state index contributed by atoms with van der Waals surface area (Å²) >= 11 is 0. The number of benzene rings is 2. The van der Waals surface area contributed by atoms with Crippen molar-refractivity contribution in [1.29, 1.82) is 5.26 Å². The Hall–Kier alpha value is -4.11. The summed E-state index contributed by atoms with van der Waals surface area (Å²) in [6, 6.07) is 17.8. The van der Waals surface area contributed by atoms with Crippen molar-refractivity contribution < 1.29 is 14.7 Å². The lowest BCUT2D eigenvalue weighted by molar-refractivity contribution is -0.112. The van der Waals surface area contributed by atoms with E-state index in [1.807, 2.05) is 55.7 Å². The highest BCUT2D eigenvalue weighted by Crippen LogP contribution is 2.25. The molecule has 2 N–H and O–H groups in total. The summed E-state index contributed by atoms with van der Waals surface area (Å²) in [4.78, 5) is 24.2. The number of nitriles is 1. The molecule has 0 unspecified atom stereocenters. The number of para-hydroxylation sites is 2. The molecule has 1 aromatic heterocycles. The van der Waals surface area contributed by atoms with E-state index < -0.39 is 11.9 Å². The lowest BCUT2D eigenvalue weighted by Crippen LogP contribution is -2.14. The van der Waals surface area contributed by atoms with Crippen LogP contribution in [0.15, 0.2) is 60.2 Å². The number of rotatable bonds is 5. The fourth-order valence-electron chi connectivity index (χ4n) is 3.36. The van der Waals surface area contributed by atoms with Gasteiger partial charge in [0.15, 0.2) is 0 Å². The highest BCUT2D eigenvalue weighted by atomic mass is 16.4. The standard InChI is InChI=1S/C24H21N3O3/c1-15-8-4-6-10-21(15)26-23(28)19(14-25)13-18-12-16(2)27(17(18)3)22-11-7-5-9-20(22)24(29)30/h4-13H,1-3H3,(H,26,28)(H,29,30)/b19-13-. The zero-order valence-electron chi connectivity index (χ0n) is 16.9. The summed E-state index contributed by atoms with van der Waals surface area (Å²) in [5.41, 5.74) is 4.40. The minimum atomic E-state index is -1.02. The topological polar surface area (TPSA) is 95.1 Å². The highest BCUT2D eigenvalue weighted by molar-refractivity contribution is 6.10. The molecule has 0 bridgehead atoms. The first-order chi connectivity index (χ1) is 14.3. The Morgan fingerprint density at radius 3 is 2.40 bits per heavy atom. The predicted octanol–water partition coefficient (Wildman–Crippen LogP) is 4.65. The van der Waals surface area contributed by atoms with Crippen LogP contribution in [0.5, 0.6) is 0 Å². The Morgan fingerprint density at radius 1 is 1.07 bits per heavy atom. The van der Waals surface area contributed by atoms with E-state index in [9.17, 15) is 20.0 Å². The van der Waals surface area contributed by atoms with E-state index in [-0.39, 0.29) is 11.1 Å². The van der Waals surface area contributed by atoms with Crippen molar-refractivity contribution in [2.75, 3.05) is 5.32 Å². The molecule has 3 rings (SSSR count). The van der Waals surface area contributed by atoms with Gasteiger partial charge in [0.05, 0.1) is 11.3 Å². The Bertz CT molecular complexity index is 1210. The van der Waals surface area contributed by atoms with Crippen LogP contribution in [0, 0.1) is 32.1 Å². The van der Waals surface area contributed by atoms with Crippen LogP contribution in [0.3, 0.4) is 0 Å². The van der Waals surface area contributed by atoms with Crippen molar-refractivity contribution in [2.45, 2.75) is 20.8 Å². The number of nitrogens with zero attached hydrogens (tertiary/aromatic N) is 2. The number of nitrogens with one attached hydrogen (secondary N) is 1. The third-order valence-corrected chi connectivity index (χ3v) is 4.90. The molecular weight excluding hydrogens is 378 g/mol. The second kappa shape index (κ2) is 8.50. The molecular formula is C24H21N3O3. The van der Waals surface area contributed by atoms with Crippen molar-refractivity contribution in [1.82, 2.24) is 4.57 Å². The van der Waals surface area contributed by atoms with E-state index in [1.54, 1.807) is 30.3 Å². The maximum atomic E-state index is 12.6. The molecule has 0 fully saturated rings. The summed E-state index contributed by atoms with van der Waals surface area (Å²) < 4.78 is 1.81. The number of hydrogen-bond acceptors (Lipinski definition) is 3. The van der Waals surface area contributed by atoms with Gasteiger partial charge in [-0.3, -0.25) is 4.79 Å². The molecule has 0 atom stereocenters. The predicted molar refractivity (Wildman–Crippen MR) is 116 cm³/mol. The molecule has 0 aliphatic carbocycles. The van der Waals surface area contributed by atoms with Crippen molar-refractivity contribution in [3.8, 4) is 11.8 Å². The fourth-order valence-corrected chi connectivity index (χ4v) is 3.36. The Labute approximate surface area is 174 Å². The average molecular weight is 399 g/mol.